The van der Waals surface area contributed by atoms with Crippen molar-refractivity contribution in [2.24, 2.45) is 5.41 Å². The summed E-state index contributed by atoms with van der Waals surface area (Å²) in [4.78, 5) is 39.1. The maximum Gasteiger partial charge on any atom is 0.319 e. The van der Waals surface area contributed by atoms with E-state index in [2.05, 4.69) is 36.4 Å². The first-order valence-corrected chi connectivity index (χ1v) is 16.0. The maximum atomic E-state index is 13.3. The summed E-state index contributed by atoms with van der Waals surface area (Å²) in [5, 5.41) is 16.8. The normalized spacial score (nSPS) is 14.8. The summed E-state index contributed by atoms with van der Waals surface area (Å²) in [5.74, 6) is -0.482. The molecule has 238 valence electrons. The number of aromatic nitrogens is 2. The van der Waals surface area contributed by atoms with Crippen LogP contribution in [0.5, 0.6) is 5.75 Å². The van der Waals surface area contributed by atoms with Crippen LogP contribution in [0.3, 0.4) is 0 Å². The van der Waals surface area contributed by atoms with Crippen LogP contribution >= 0.6 is 0 Å². The second-order valence-corrected chi connectivity index (χ2v) is 12.4. The summed E-state index contributed by atoms with van der Waals surface area (Å²) >= 11 is 0. The summed E-state index contributed by atoms with van der Waals surface area (Å²) in [6, 6.07) is 20.0. The highest BCUT2D eigenvalue weighted by Crippen LogP contribution is 2.46. The van der Waals surface area contributed by atoms with Gasteiger partial charge in [-0.25, -0.2) is 0 Å². The van der Waals surface area contributed by atoms with Gasteiger partial charge >= 0.3 is 5.97 Å². The van der Waals surface area contributed by atoms with Gasteiger partial charge in [0.15, 0.2) is 0 Å². The SMILES string of the molecule is Cc1cccc(OCCCC(=O)N2CCCc3c(-c4cnn(Cc5cccc(CNC(=O)C6(C(=O)O)CC6)c5)c4)cccc32)c1C. The quantitative estimate of drug-likeness (QED) is 0.152. The number of rotatable bonds is 12. The molecular weight excluding hydrogens is 580 g/mol. The predicted molar refractivity (Wildman–Crippen MR) is 176 cm³/mol. The van der Waals surface area contributed by atoms with Crippen molar-refractivity contribution in [1.82, 2.24) is 15.1 Å². The van der Waals surface area contributed by atoms with E-state index in [0.717, 1.165) is 52.1 Å². The lowest BCUT2D eigenvalue weighted by atomic mass is 9.93. The van der Waals surface area contributed by atoms with Gasteiger partial charge in [-0.2, -0.15) is 5.10 Å². The number of nitrogens with one attached hydrogen (secondary N) is 1. The Morgan fingerprint density at radius 3 is 2.61 bits per heavy atom. The monoisotopic (exact) mass is 620 g/mol. The number of ether oxygens (including phenoxy) is 1. The van der Waals surface area contributed by atoms with Crippen LogP contribution in [0.15, 0.2) is 73.1 Å². The average molecular weight is 621 g/mol. The minimum atomic E-state index is -1.25. The lowest BCUT2D eigenvalue weighted by Gasteiger charge is -2.31. The molecular formula is C37H40N4O5. The Labute approximate surface area is 269 Å². The number of amides is 2. The standard InChI is InChI=1S/C37H40N4O5/c1-25-8-3-14-33(26(25)2)46-19-7-15-34(42)41-18-6-12-31-30(11-5-13-32(31)41)29-22-39-40(24-29)23-28-10-4-9-27(20-28)21-38-35(43)37(16-17-37)36(44)45/h3-5,8-11,13-14,20,22,24H,6-7,12,15-19,21,23H2,1-2H3,(H,38,43)(H,44,45). The van der Waals surface area contributed by atoms with Crippen LogP contribution in [-0.4, -0.2) is 45.8 Å². The Bertz CT molecular complexity index is 1770. The van der Waals surface area contributed by atoms with Gasteiger partial charge in [-0.05, 0) is 91.5 Å². The summed E-state index contributed by atoms with van der Waals surface area (Å²) in [7, 11) is 0. The minimum absolute atomic E-state index is 0.115. The Morgan fingerprint density at radius 2 is 1.80 bits per heavy atom. The second-order valence-electron chi connectivity index (χ2n) is 12.4. The third-order valence-electron chi connectivity index (χ3n) is 9.23. The molecule has 6 rings (SSSR count). The molecule has 1 aliphatic heterocycles. The number of carboxylic acids is 1. The number of fused-ring (bicyclic) bond motifs is 1. The van der Waals surface area contributed by atoms with E-state index in [1.165, 1.54) is 11.1 Å². The molecule has 0 bridgehead atoms. The Hall–Kier alpha value is -4.92. The third-order valence-corrected chi connectivity index (χ3v) is 9.23. The van der Waals surface area contributed by atoms with Crippen molar-refractivity contribution < 1.29 is 24.2 Å². The van der Waals surface area contributed by atoms with E-state index in [0.29, 0.717) is 45.4 Å². The van der Waals surface area contributed by atoms with E-state index < -0.39 is 17.3 Å². The number of carbonyl (C=O) groups excluding carboxylic acids is 2. The van der Waals surface area contributed by atoms with E-state index in [9.17, 15) is 19.5 Å². The smallest absolute Gasteiger partial charge is 0.319 e. The molecule has 0 saturated heterocycles. The summed E-state index contributed by atoms with van der Waals surface area (Å²) in [5.41, 5.74) is 7.23. The van der Waals surface area contributed by atoms with Crippen LogP contribution in [0.1, 0.15) is 59.9 Å². The number of benzene rings is 3. The molecule has 2 heterocycles. The molecule has 4 aromatic rings. The molecule has 2 amide bonds. The molecule has 9 nitrogen and oxygen atoms in total. The van der Waals surface area contributed by atoms with E-state index >= 15 is 0 Å². The number of aliphatic carboxylic acids is 1. The predicted octanol–water partition coefficient (Wildman–Crippen LogP) is 5.83. The molecule has 0 spiro atoms. The number of anilines is 1. The van der Waals surface area contributed by atoms with Crippen molar-refractivity contribution >= 4 is 23.5 Å². The van der Waals surface area contributed by atoms with Crippen molar-refractivity contribution in [2.45, 2.75) is 65.5 Å². The maximum absolute atomic E-state index is 13.3. The molecule has 1 fully saturated rings. The molecule has 0 atom stereocenters. The highest BCUT2D eigenvalue weighted by atomic mass is 16.5. The van der Waals surface area contributed by atoms with Crippen LogP contribution in [0.4, 0.5) is 5.69 Å². The highest BCUT2D eigenvalue weighted by molar-refractivity contribution is 6.04. The topological polar surface area (TPSA) is 114 Å². The Kier molecular flexibility index (Phi) is 8.92. The van der Waals surface area contributed by atoms with Gasteiger partial charge in [0.1, 0.15) is 11.2 Å². The Balaban J connectivity index is 1.08. The molecule has 1 aromatic heterocycles. The number of hydrogen-bond donors (Lipinski definition) is 2. The van der Waals surface area contributed by atoms with Gasteiger partial charge < -0.3 is 20.1 Å². The van der Waals surface area contributed by atoms with Crippen molar-refractivity contribution in [2.75, 3.05) is 18.1 Å². The number of carboxylic acid groups (broad SMARTS) is 1. The zero-order chi connectivity index (χ0) is 32.3. The molecule has 3 aromatic carbocycles. The fourth-order valence-corrected chi connectivity index (χ4v) is 6.20. The number of nitrogens with zero attached hydrogens (tertiary/aromatic N) is 3. The molecule has 0 radical (unpaired) electrons. The molecule has 1 aliphatic carbocycles. The summed E-state index contributed by atoms with van der Waals surface area (Å²) < 4.78 is 7.87. The van der Waals surface area contributed by atoms with Gasteiger partial charge in [-0.1, -0.05) is 48.5 Å². The molecule has 2 N–H and O–H groups in total. The lowest BCUT2D eigenvalue weighted by Crippen LogP contribution is -2.36. The van der Waals surface area contributed by atoms with Gasteiger partial charge in [0.2, 0.25) is 11.8 Å². The van der Waals surface area contributed by atoms with E-state index in [1.807, 2.05) is 70.5 Å². The summed E-state index contributed by atoms with van der Waals surface area (Å²) in [6.07, 6.45) is 7.55. The number of carbonyl (C=O) groups is 3. The van der Waals surface area contributed by atoms with Crippen LogP contribution in [0.2, 0.25) is 0 Å². The Morgan fingerprint density at radius 1 is 1.02 bits per heavy atom. The van der Waals surface area contributed by atoms with E-state index in [1.54, 1.807) is 0 Å². The van der Waals surface area contributed by atoms with Crippen molar-refractivity contribution in [3.63, 3.8) is 0 Å². The third kappa shape index (κ3) is 6.54. The van der Waals surface area contributed by atoms with Crippen LogP contribution in [0.25, 0.3) is 11.1 Å². The van der Waals surface area contributed by atoms with Crippen LogP contribution in [-0.2, 0) is 33.9 Å². The van der Waals surface area contributed by atoms with Crippen molar-refractivity contribution in [3.8, 4) is 16.9 Å². The highest BCUT2D eigenvalue weighted by Gasteiger charge is 2.56. The van der Waals surface area contributed by atoms with Crippen molar-refractivity contribution in [3.05, 3.63) is 101 Å². The van der Waals surface area contributed by atoms with Crippen LogP contribution < -0.4 is 15.0 Å². The number of aryl methyl sites for hydroxylation is 1. The number of hydrogen-bond acceptors (Lipinski definition) is 5. The fourth-order valence-electron chi connectivity index (χ4n) is 6.20. The molecule has 2 aliphatic rings. The van der Waals surface area contributed by atoms with Gasteiger partial charge in [-0.15, -0.1) is 0 Å². The van der Waals surface area contributed by atoms with E-state index in [-0.39, 0.29) is 12.5 Å². The van der Waals surface area contributed by atoms with Crippen LogP contribution in [0, 0.1) is 19.3 Å². The largest absolute Gasteiger partial charge is 0.493 e. The van der Waals surface area contributed by atoms with Gasteiger partial charge in [0.25, 0.3) is 0 Å². The first kappa shape index (κ1) is 31.1. The average Bonchev–Trinajstić information content (AvgIpc) is 3.76. The summed E-state index contributed by atoms with van der Waals surface area (Å²) in [6.45, 7) is 6.15. The second kappa shape index (κ2) is 13.2. The lowest BCUT2D eigenvalue weighted by molar-refractivity contribution is -0.149. The van der Waals surface area contributed by atoms with Gasteiger partial charge in [-0.3, -0.25) is 19.1 Å². The fraction of sp³-hybridized carbons (Fsp3) is 0.351. The van der Waals surface area contributed by atoms with E-state index in [4.69, 9.17) is 4.74 Å². The zero-order valence-electron chi connectivity index (χ0n) is 26.4. The molecule has 9 heteroatoms. The van der Waals surface area contributed by atoms with Gasteiger partial charge in [0.05, 0.1) is 19.3 Å². The molecule has 46 heavy (non-hydrogen) atoms. The minimum Gasteiger partial charge on any atom is -0.493 e. The molecule has 0 unspecified atom stereocenters. The first-order valence-electron chi connectivity index (χ1n) is 16.0. The van der Waals surface area contributed by atoms with Crippen molar-refractivity contribution in [1.29, 1.82) is 0 Å². The molecule has 1 saturated carbocycles. The first-order chi connectivity index (χ1) is 22.2. The van der Waals surface area contributed by atoms with Gasteiger partial charge in [0, 0.05) is 37.0 Å². The zero-order valence-corrected chi connectivity index (χ0v) is 26.4.